The molecule has 1 N–H and O–H groups in total. The maximum absolute atomic E-state index is 11.9. The summed E-state index contributed by atoms with van der Waals surface area (Å²) >= 11 is 0. The SMILES string of the molecule is C/C(=N/NC(=O)Cc1ccccc1)c1ccc(-n2ccnc2)cc1. The third-order valence-corrected chi connectivity index (χ3v) is 3.64. The third kappa shape index (κ3) is 3.95. The summed E-state index contributed by atoms with van der Waals surface area (Å²) < 4.78 is 1.93. The van der Waals surface area contributed by atoms with Gasteiger partial charge in [0.1, 0.15) is 0 Å². The molecule has 0 spiro atoms. The van der Waals surface area contributed by atoms with Gasteiger partial charge in [-0.25, -0.2) is 10.4 Å². The second-order valence-electron chi connectivity index (χ2n) is 5.41. The Bertz CT molecular complexity index is 822. The highest BCUT2D eigenvalue weighted by atomic mass is 16.2. The molecule has 0 aliphatic carbocycles. The molecule has 5 nitrogen and oxygen atoms in total. The normalized spacial score (nSPS) is 11.3. The maximum Gasteiger partial charge on any atom is 0.244 e. The first-order chi connectivity index (χ1) is 11.7. The van der Waals surface area contributed by atoms with Crippen molar-refractivity contribution in [3.63, 3.8) is 0 Å². The molecule has 3 rings (SSSR count). The highest BCUT2D eigenvalue weighted by Gasteiger charge is 2.03. The van der Waals surface area contributed by atoms with E-state index in [0.29, 0.717) is 6.42 Å². The van der Waals surface area contributed by atoms with Crippen molar-refractivity contribution in [1.29, 1.82) is 0 Å². The number of hydrogen-bond acceptors (Lipinski definition) is 3. The average molecular weight is 318 g/mol. The number of hydrazone groups is 1. The second-order valence-corrected chi connectivity index (χ2v) is 5.41. The van der Waals surface area contributed by atoms with Crippen LogP contribution in [0.25, 0.3) is 5.69 Å². The Morgan fingerprint density at radius 3 is 2.54 bits per heavy atom. The Labute approximate surface area is 140 Å². The number of nitrogens with zero attached hydrogens (tertiary/aromatic N) is 3. The lowest BCUT2D eigenvalue weighted by molar-refractivity contribution is -0.120. The standard InChI is InChI=1S/C19H18N4O/c1-15(21-22-19(24)13-16-5-3-2-4-6-16)17-7-9-18(10-8-17)23-12-11-20-14-23/h2-12,14H,13H2,1H3,(H,22,24)/b21-15-. The Kier molecular flexibility index (Phi) is 4.81. The zero-order valence-corrected chi connectivity index (χ0v) is 13.4. The van der Waals surface area contributed by atoms with Crippen LogP contribution < -0.4 is 5.43 Å². The van der Waals surface area contributed by atoms with Gasteiger partial charge in [0.25, 0.3) is 0 Å². The van der Waals surface area contributed by atoms with Crippen molar-refractivity contribution >= 4 is 11.6 Å². The highest BCUT2D eigenvalue weighted by molar-refractivity contribution is 5.99. The summed E-state index contributed by atoms with van der Waals surface area (Å²) in [5.41, 5.74) is 6.31. The van der Waals surface area contributed by atoms with Crippen LogP contribution in [0.1, 0.15) is 18.1 Å². The van der Waals surface area contributed by atoms with Crippen LogP contribution >= 0.6 is 0 Å². The van der Waals surface area contributed by atoms with Crippen LogP contribution in [0.15, 0.2) is 78.4 Å². The van der Waals surface area contributed by atoms with E-state index in [4.69, 9.17) is 0 Å². The van der Waals surface area contributed by atoms with Gasteiger partial charge in [-0.15, -0.1) is 0 Å². The van der Waals surface area contributed by atoms with E-state index < -0.39 is 0 Å². The van der Waals surface area contributed by atoms with E-state index in [2.05, 4.69) is 15.5 Å². The van der Waals surface area contributed by atoms with Crippen molar-refractivity contribution < 1.29 is 4.79 Å². The summed E-state index contributed by atoms with van der Waals surface area (Å²) in [6, 6.07) is 17.5. The number of rotatable bonds is 5. The number of imidazole rings is 1. The summed E-state index contributed by atoms with van der Waals surface area (Å²) in [5, 5.41) is 4.18. The zero-order valence-electron chi connectivity index (χ0n) is 13.4. The Balaban J connectivity index is 1.62. The Morgan fingerprint density at radius 1 is 1.12 bits per heavy atom. The van der Waals surface area contributed by atoms with Crippen LogP contribution in [0.4, 0.5) is 0 Å². The van der Waals surface area contributed by atoms with Crippen LogP contribution in [-0.2, 0) is 11.2 Å². The molecule has 120 valence electrons. The van der Waals surface area contributed by atoms with E-state index in [1.165, 1.54) is 0 Å². The van der Waals surface area contributed by atoms with Crippen molar-refractivity contribution in [3.05, 3.63) is 84.4 Å². The number of aromatic nitrogens is 2. The fourth-order valence-electron chi connectivity index (χ4n) is 2.32. The van der Waals surface area contributed by atoms with Gasteiger partial charge in [0.15, 0.2) is 0 Å². The zero-order chi connectivity index (χ0) is 16.8. The van der Waals surface area contributed by atoms with Crippen LogP contribution in [0.5, 0.6) is 0 Å². The molecule has 0 saturated heterocycles. The molecule has 0 radical (unpaired) electrons. The van der Waals surface area contributed by atoms with Crippen molar-refractivity contribution in [1.82, 2.24) is 15.0 Å². The molecule has 0 bridgehead atoms. The molecule has 2 aromatic carbocycles. The van der Waals surface area contributed by atoms with Gasteiger partial charge in [0.05, 0.1) is 18.5 Å². The van der Waals surface area contributed by atoms with E-state index >= 15 is 0 Å². The van der Waals surface area contributed by atoms with Gasteiger partial charge in [-0.05, 0) is 30.2 Å². The molecular weight excluding hydrogens is 300 g/mol. The first kappa shape index (κ1) is 15.7. The van der Waals surface area contributed by atoms with Crippen molar-refractivity contribution in [3.8, 4) is 5.69 Å². The van der Waals surface area contributed by atoms with Crippen LogP contribution in [0.2, 0.25) is 0 Å². The summed E-state index contributed by atoms with van der Waals surface area (Å²) in [7, 11) is 0. The molecule has 0 aliphatic heterocycles. The fraction of sp³-hybridized carbons (Fsp3) is 0.105. The highest BCUT2D eigenvalue weighted by Crippen LogP contribution is 2.10. The lowest BCUT2D eigenvalue weighted by atomic mass is 10.1. The van der Waals surface area contributed by atoms with Gasteiger partial charge in [-0.1, -0.05) is 42.5 Å². The predicted molar refractivity (Wildman–Crippen MR) is 94.1 cm³/mol. The van der Waals surface area contributed by atoms with Gasteiger partial charge in [-0.2, -0.15) is 5.10 Å². The van der Waals surface area contributed by atoms with Crippen LogP contribution in [0, 0.1) is 0 Å². The van der Waals surface area contributed by atoms with E-state index in [9.17, 15) is 4.79 Å². The van der Waals surface area contributed by atoms with Gasteiger partial charge >= 0.3 is 0 Å². The van der Waals surface area contributed by atoms with Crippen LogP contribution in [0.3, 0.4) is 0 Å². The first-order valence-corrected chi connectivity index (χ1v) is 7.68. The van der Waals surface area contributed by atoms with E-state index in [1.807, 2.05) is 72.3 Å². The third-order valence-electron chi connectivity index (χ3n) is 3.64. The molecule has 0 unspecified atom stereocenters. The van der Waals surface area contributed by atoms with Crippen LogP contribution in [-0.4, -0.2) is 21.2 Å². The number of nitrogens with one attached hydrogen (secondary N) is 1. The summed E-state index contributed by atoms with van der Waals surface area (Å²) in [5.74, 6) is -0.129. The largest absolute Gasteiger partial charge is 0.306 e. The molecule has 0 atom stereocenters. The maximum atomic E-state index is 11.9. The minimum Gasteiger partial charge on any atom is -0.306 e. The quantitative estimate of drug-likeness (QED) is 0.581. The molecule has 1 amide bonds. The minimum absolute atomic E-state index is 0.129. The average Bonchev–Trinajstić information content (AvgIpc) is 3.15. The summed E-state index contributed by atoms with van der Waals surface area (Å²) in [6.07, 6.45) is 5.69. The molecule has 5 heteroatoms. The molecule has 1 aromatic heterocycles. The number of hydrogen-bond donors (Lipinski definition) is 1. The Morgan fingerprint density at radius 2 is 1.88 bits per heavy atom. The van der Waals surface area contributed by atoms with Crippen molar-refractivity contribution in [2.45, 2.75) is 13.3 Å². The molecule has 3 aromatic rings. The van der Waals surface area contributed by atoms with E-state index in [0.717, 1.165) is 22.5 Å². The molecular formula is C19H18N4O. The minimum atomic E-state index is -0.129. The van der Waals surface area contributed by atoms with Gasteiger partial charge < -0.3 is 4.57 Å². The lowest BCUT2D eigenvalue weighted by Crippen LogP contribution is -2.21. The van der Waals surface area contributed by atoms with Gasteiger partial charge in [-0.3, -0.25) is 4.79 Å². The molecule has 0 aliphatic rings. The summed E-state index contributed by atoms with van der Waals surface area (Å²) in [6.45, 7) is 1.87. The number of benzene rings is 2. The van der Waals surface area contributed by atoms with E-state index in [-0.39, 0.29) is 5.91 Å². The molecule has 0 fully saturated rings. The molecule has 0 saturated carbocycles. The fourth-order valence-corrected chi connectivity index (χ4v) is 2.32. The topological polar surface area (TPSA) is 59.3 Å². The second kappa shape index (κ2) is 7.37. The predicted octanol–water partition coefficient (Wildman–Crippen LogP) is 2.96. The van der Waals surface area contributed by atoms with E-state index in [1.54, 1.807) is 12.5 Å². The Hall–Kier alpha value is -3.21. The number of carbonyl (C=O) groups excluding carboxylic acids is 1. The van der Waals surface area contributed by atoms with Gasteiger partial charge in [0, 0.05) is 18.1 Å². The molecule has 1 heterocycles. The van der Waals surface area contributed by atoms with Gasteiger partial charge in [0.2, 0.25) is 5.91 Å². The summed E-state index contributed by atoms with van der Waals surface area (Å²) in [4.78, 5) is 16.0. The number of amides is 1. The number of carbonyl (C=O) groups is 1. The van der Waals surface area contributed by atoms with Crippen molar-refractivity contribution in [2.24, 2.45) is 5.10 Å². The smallest absolute Gasteiger partial charge is 0.244 e. The first-order valence-electron chi connectivity index (χ1n) is 7.68. The molecule has 24 heavy (non-hydrogen) atoms. The van der Waals surface area contributed by atoms with Crippen molar-refractivity contribution in [2.75, 3.05) is 0 Å². The monoisotopic (exact) mass is 318 g/mol. The lowest BCUT2D eigenvalue weighted by Gasteiger charge is -2.05.